The van der Waals surface area contributed by atoms with Gasteiger partial charge >= 0.3 is 0 Å². The molecule has 0 saturated carbocycles. The van der Waals surface area contributed by atoms with Crippen molar-refractivity contribution in [2.75, 3.05) is 13.7 Å². The standard InChI is InChI=1S/C10H19N3OS/c1-7(14-3)4-12-5-9-6-15-10(13-9)8(2)11/h6-8,12H,4-5,11H2,1-3H3. The fraction of sp³-hybridized carbons (Fsp3) is 0.700. The Morgan fingerprint density at radius 1 is 1.60 bits per heavy atom. The van der Waals surface area contributed by atoms with Crippen molar-refractivity contribution in [3.05, 3.63) is 16.1 Å². The van der Waals surface area contributed by atoms with E-state index in [-0.39, 0.29) is 12.1 Å². The van der Waals surface area contributed by atoms with Crippen LogP contribution in [-0.2, 0) is 11.3 Å². The van der Waals surface area contributed by atoms with Gasteiger partial charge in [-0.25, -0.2) is 4.98 Å². The van der Waals surface area contributed by atoms with Crippen LogP contribution in [-0.4, -0.2) is 24.7 Å². The number of nitrogens with zero attached hydrogens (tertiary/aromatic N) is 1. The Morgan fingerprint density at radius 3 is 2.87 bits per heavy atom. The average Bonchev–Trinajstić information content (AvgIpc) is 2.66. The maximum Gasteiger partial charge on any atom is 0.109 e. The van der Waals surface area contributed by atoms with E-state index < -0.39 is 0 Å². The van der Waals surface area contributed by atoms with Crippen LogP contribution >= 0.6 is 11.3 Å². The van der Waals surface area contributed by atoms with Crippen LogP contribution in [0.3, 0.4) is 0 Å². The molecule has 15 heavy (non-hydrogen) atoms. The first-order valence-corrected chi connectivity index (χ1v) is 5.94. The highest BCUT2D eigenvalue weighted by atomic mass is 32.1. The number of hydrogen-bond acceptors (Lipinski definition) is 5. The Kier molecular flexibility index (Phi) is 5.17. The molecule has 0 aliphatic rings. The summed E-state index contributed by atoms with van der Waals surface area (Å²) in [5.74, 6) is 0. The smallest absolute Gasteiger partial charge is 0.109 e. The van der Waals surface area contributed by atoms with Gasteiger partial charge in [0.2, 0.25) is 0 Å². The maximum atomic E-state index is 5.73. The maximum absolute atomic E-state index is 5.73. The lowest BCUT2D eigenvalue weighted by atomic mass is 10.3. The molecule has 0 radical (unpaired) electrons. The summed E-state index contributed by atoms with van der Waals surface area (Å²) in [6, 6.07) is 0.0293. The third kappa shape index (κ3) is 4.25. The van der Waals surface area contributed by atoms with Crippen molar-refractivity contribution in [2.24, 2.45) is 5.73 Å². The summed E-state index contributed by atoms with van der Waals surface area (Å²) < 4.78 is 5.13. The molecule has 1 heterocycles. The van der Waals surface area contributed by atoms with Crippen molar-refractivity contribution in [3.8, 4) is 0 Å². The van der Waals surface area contributed by atoms with Gasteiger partial charge in [-0.1, -0.05) is 0 Å². The van der Waals surface area contributed by atoms with Gasteiger partial charge in [0.25, 0.3) is 0 Å². The first-order chi connectivity index (χ1) is 7.13. The normalized spacial score (nSPS) is 15.2. The number of thiazole rings is 1. The molecule has 0 amide bonds. The summed E-state index contributed by atoms with van der Waals surface area (Å²) in [6.07, 6.45) is 0.233. The minimum Gasteiger partial charge on any atom is -0.380 e. The summed E-state index contributed by atoms with van der Waals surface area (Å²) >= 11 is 1.61. The molecule has 3 N–H and O–H groups in total. The van der Waals surface area contributed by atoms with Crippen molar-refractivity contribution >= 4 is 11.3 Å². The van der Waals surface area contributed by atoms with E-state index in [2.05, 4.69) is 10.3 Å². The summed E-state index contributed by atoms with van der Waals surface area (Å²) in [7, 11) is 1.71. The van der Waals surface area contributed by atoms with Gasteiger partial charge in [-0.15, -0.1) is 11.3 Å². The molecule has 2 atom stereocenters. The number of aromatic nitrogens is 1. The minimum absolute atomic E-state index is 0.0293. The van der Waals surface area contributed by atoms with Crippen molar-refractivity contribution in [1.29, 1.82) is 0 Å². The summed E-state index contributed by atoms with van der Waals surface area (Å²) in [5.41, 5.74) is 6.78. The number of methoxy groups -OCH3 is 1. The molecular weight excluding hydrogens is 210 g/mol. The van der Waals surface area contributed by atoms with E-state index in [1.165, 1.54) is 0 Å². The predicted molar refractivity (Wildman–Crippen MR) is 62.9 cm³/mol. The van der Waals surface area contributed by atoms with E-state index in [1.54, 1.807) is 18.4 Å². The SMILES string of the molecule is COC(C)CNCc1csc(C(C)N)n1. The molecule has 1 aromatic rings. The molecule has 0 bridgehead atoms. The molecular formula is C10H19N3OS. The highest BCUT2D eigenvalue weighted by Crippen LogP contribution is 2.15. The molecule has 4 nitrogen and oxygen atoms in total. The quantitative estimate of drug-likeness (QED) is 0.771. The third-order valence-electron chi connectivity index (χ3n) is 2.10. The fourth-order valence-electron chi connectivity index (χ4n) is 1.10. The minimum atomic E-state index is 0.0293. The number of ether oxygens (including phenoxy) is 1. The molecule has 0 spiro atoms. The highest BCUT2D eigenvalue weighted by molar-refractivity contribution is 7.09. The number of rotatable bonds is 6. The Labute approximate surface area is 94.8 Å². The Balaban J connectivity index is 2.31. The van der Waals surface area contributed by atoms with Gasteiger partial charge in [0, 0.05) is 25.6 Å². The van der Waals surface area contributed by atoms with E-state index in [0.717, 1.165) is 23.8 Å². The van der Waals surface area contributed by atoms with Crippen molar-refractivity contribution in [2.45, 2.75) is 32.5 Å². The topological polar surface area (TPSA) is 60.2 Å². The first kappa shape index (κ1) is 12.6. The first-order valence-electron chi connectivity index (χ1n) is 5.07. The van der Waals surface area contributed by atoms with Gasteiger partial charge in [0.1, 0.15) is 5.01 Å². The zero-order valence-electron chi connectivity index (χ0n) is 9.49. The second-order valence-electron chi connectivity index (χ2n) is 3.64. The molecule has 0 fully saturated rings. The molecule has 1 rings (SSSR count). The van der Waals surface area contributed by atoms with Gasteiger partial charge in [-0.3, -0.25) is 0 Å². The van der Waals surface area contributed by atoms with Crippen LogP contribution in [0.4, 0.5) is 0 Å². The van der Waals surface area contributed by atoms with Crippen LogP contribution in [0.25, 0.3) is 0 Å². The second-order valence-corrected chi connectivity index (χ2v) is 4.53. The van der Waals surface area contributed by atoms with Crippen LogP contribution in [0.1, 0.15) is 30.6 Å². The van der Waals surface area contributed by atoms with Gasteiger partial charge in [0.05, 0.1) is 17.8 Å². The van der Waals surface area contributed by atoms with E-state index in [4.69, 9.17) is 10.5 Å². The highest BCUT2D eigenvalue weighted by Gasteiger charge is 2.06. The lowest BCUT2D eigenvalue weighted by Gasteiger charge is -2.09. The summed E-state index contributed by atoms with van der Waals surface area (Å²) in [4.78, 5) is 4.42. The monoisotopic (exact) mass is 229 g/mol. The lowest BCUT2D eigenvalue weighted by Crippen LogP contribution is -2.25. The molecule has 0 saturated heterocycles. The molecule has 86 valence electrons. The fourth-order valence-corrected chi connectivity index (χ4v) is 1.88. The molecule has 1 aromatic heterocycles. The van der Waals surface area contributed by atoms with Crippen molar-refractivity contribution in [3.63, 3.8) is 0 Å². The molecule has 2 unspecified atom stereocenters. The molecule has 0 aromatic carbocycles. The van der Waals surface area contributed by atoms with Crippen molar-refractivity contribution in [1.82, 2.24) is 10.3 Å². The van der Waals surface area contributed by atoms with Crippen LogP contribution in [0, 0.1) is 0 Å². The second kappa shape index (κ2) is 6.17. The summed E-state index contributed by atoms with van der Waals surface area (Å²) in [6.45, 7) is 5.59. The van der Waals surface area contributed by atoms with Crippen LogP contribution in [0.15, 0.2) is 5.38 Å². The van der Waals surface area contributed by atoms with E-state index in [0.29, 0.717) is 0 Å². The van der Waals surface area contributed by atoms with Crippen LogP contribution in [0.5, 0.6) is 0 Å². The Hall–Kier alpha value is -0.490. The lowest BCUT2D eigenvalue weighted by molar-refractivity contribution is 0.117. The van der Waals surface area contributed by atoms with Gasteiger partial charge in [0.15, 0.2) is 0 Å². The zero-order chi connectivity index (χ0) is 11.3. The summed E-state index contributed by atoms with van der Waals surface area (Å²) in [5, 5.41) is 6.32. The van der Waals surface area contributed by atoms with Crippen molar-refractivity contribution < 1.29 is 4.74 Å². The van der Waals surface area contributed by atoms with E-state index >= 15 is 0 Å². The average molecular weight is 229 g/mol. The van der Waals surface area contributed by atoms with E-state index in [9.17, 15) is 0 Å². The van der Waals surface area contributed by atoms with Crippen LogP contribution < -0.4 is 11.1 Å². The Bertz CT molecular complexity index is 288. The number of hydrogen-bond donors (Lipinski definition) is 2. The third-order valence-corrected chi connectivity index (χ3v) is 3.19. The number of nitrogens with one attached hydrogen (secondary N) is 1. The number of nitrogens with two attached hydrogens (primary N) is 1. The molecule has 0 aliphatic carbocycles. The van der Waals surface area contributed by atoms with Gasteiger partial charge in [-0.05, 0) is 13.8 Å². The molecule has 5 heteroatoms. The van der Waals surface area contributed by atoms with Crippen LogP contribution in [0.2, 0.25) is 0 Å². The zero-order valence-corrected chi connectivity index (χ0v) is 10.3. The predicted octanol–water partition coefficient (Wildman–Crippen LogP) is 1.29. The molecule has 0 aliphatic heterocycles. The largest absolute Gasteiger partial charge is 0.380 e. The Morgan fingerprint density at radius 2 is 2.33 bits per heavy atom. The van der Waals surface area contributed by atoms with E-state index in [1.807, 2.05) is 19.2 Å². The van der Waals surface area contributed by atoms with Gasteiger partial charge in [-0.2, -0.15) is 0 Å². The van der Waals surface area contributed by atoms with Gasteiger partial charge < -0.3 is 15.8 Å².